The van der Waals surface area contributed by atoms with Crippen molar-refractivity contribution in [2.75, 3.05) is 79.3 Å². The highest BCUT2D eigenvalue weighted by Crippen LogP contribution is 2.01. The zero-order valence-corrected chi connectivity index (χ0v) is 19.7. The average molecular weight is 477 g/mol. The van der Waals surface area contributed by atoms with Gasteiger partial charge in [0, 0.05) is 0 Å². The smallest absolute Gasteiger partial charge is 0.338 e. The summed E-state index contributed by atoms with van der Waals surface area (Å²) in [5.41, 5.74) is 1.69. The fraction of sp³-hybridized carbons (Fsp3) is 0.500. The lowest BCUT2D eigenvalue weighted by molar-refractivity contribution is -0.0201. The largest absolute Gasteiger partial charge is 0.460 e. The van der Waals surface area contributed by atoms with E-state index < -0.39 is 0 Å². The molecule has 0 unspecified atom stereocenters. The molecule has 0 aliphatic carbocycles. The van der Waals surface area contributed by atoms with Crippen LogP contribution < -0.4 is 0 Å². The minimum atomic E-state index is -0.349. The van der Waals surface area contributed by atoms with E-state index in [0.29, 0.717) is 84.8 Å². The van der Waals surface area contributed by atoms with Crippen molar-refractivity contribution in [3.05, 3.63) is 71.8 Å². The van der Waals surface area contributed by atoms with E-state index >= 15 is 0 Å². The Labute approximate surface area is 202 Å². The van der Waals surface area contributed by atoms with Crippen LogP contribution in [0.4, 0.5) is 0 Å². The highest BCUT2D eigenvalue weighted by molar-refractivity contribution is 5.89. The van der Waals surface area contributed by atoms with Crippen molar-refractivity contribution in [3.8, 4) is 0 Å². The zero-order valence-electron chi connectivity index (χ0n) is 19.7. The molecule has 0 aliphatic rings. The molecular weight excluding hydrogens is 440 g/mol. The molecule has 0 saturated carbocycles. The number of hydrogen-bond acceptors (Lipinski definition) is 8. The van der Waals surface area contributed by atoms with Crippen LogP contribution in [0.5, 0.6) is 0 Å². The van der Waals surface area contributed by atoms with E-state index in [1.165, 1.54) is 0 Å². The Morgan fingerprint density at radius 2 is 0.853 bits per heavy atom. The number of hydrogen-bond donors (Lipinski definition) is 0. The van der Waals surface area contributed by atoms with Crippen LogP contribution in [0.2, 0.25) is 0 Å². The summed E-state index contributed by atoms with van der Waals surface area (Å²) in [6.07, 6.45) is 0. The van der Waals surface area contributed by atoms with Gasteiger partial charge in [0.2, 0.25) is 0 Å². The van der Waals surface area contributed by atoms with E-state index in [1.807, 2.05) is 36.4 Å². The van der Waals surface area contributed by atoms with Crippen LogP contribution in [-0.4, -0.2) is 85.3 Å². The molecule has 0 amide bonds. The van der Waals surface area contributed by atoms with Gasteiger partial charge in [0.05, 0.1) is 84.8 Å². The highest BCUT2D eigenvalue weighted by Gasteiger charge is 2.05. The lowest BCUT2D eigenvalue weighted by Gasteiger charge is -2.08. The molecule has 0 atom stereocenters. The van der Waals surface area contributed by atoms with Crippen molar-refractivity contribution in [2.24, 2.45) is 0 Å². The van der Waals surface area contributed by atoms with Crippen molar-refractivity contribution in [1.82, 2.24) is 0 Å². The van der Waals surface area contributed by atoms with Crippen LogP contribution in [0, 0.1) is 0 Å². The summed E-state index contributed by atoms with van der Waals surface area (Å²) in [5.74, 6) is -0.349. The molecule has 34 heavy (non-hydrogen) atoms. The number of esters is 1. The molecule has 0 radical (unpaired) electrons. The first-order chi connectivity index (χ1) is 16.9. The lowest BCUT2D eigenvalue weighted by Crippen LogP contribution is -2.15. The Hall–Kier alpha value is -2.33. The molecular formula is C26H36O8. The maximum absolute atomic E-state index is 11.7. The van der Waals surface area contributed by atoms with Crippen LogP contribution in [0.25, 0.3) is 0 Å². The number of carbonyl (C=O) groups is 1. The summed E-state index contributed by atoms with van der Waals surface area (Å²) in [7, 11) is 0. The SMILES string of the molecule is O=C(OCCOCCOCCOCCOCCOCCOCc1ccccc1)c1ccccc1. The Morgan fingerprint density at radius 3 is 1.32 bits per heavy atom. The van der Waals surface area contributed by atoms with Gasteiger partial charge in [0.25, 0.3) is 0 Å². The summed E-state index contributed by atoms with van der Waals surface area (Å²) in [6, 6.07) is 18.9. The Balaban J connectivity index is 1.22. The van der Waals surface area contributed by atoms with Gasteiger partial charge in [0.15, 0.2) is 0 Å². The van der Waals surface area contributed by atoms with E-state index in [0.717, 1.165) is 5.56 Å². The molecule has 2 aromatic rings. The maximum atomic E-state index is 11.7. The standard InChI is InChI=1S/C26H36O8/c27-26(25-9-5-2-6-10-25)34-22-21-32-18-17-30-14-13-28-11-12-29-15-16-31-19-20-33-23-24-7-3-1-4-8-24/h1-10H,11-23H2. The van der Waals surface area contributed by atoms with Gasteiger partial charge < -0.3 is 33.2 Å². The monoisotopic (exact) mass is 476 g/mol. The quantitative estimate of drug-likeness (QED) is 0.201. The highest BCUT2D eigenvalue weighted by atomic mass is 16.6. The van der Waals surface area contributed by atoms with Crippen molar-refractivity contribution < 1.29 is 38.0 Å². The van der Waals surface area contributed by atoms with Gasteiger partial charge in [0.1, 0.15) is 6.61 Å². The maximum Gasteiger partial charge on any atom is 0.338 e. The van der Waals surface area contributed by atoms with Crippen molar-refractivity contribution in [2.45, 2.75) is 6.61 Å². The Kier molecular flexibility index (Phi) is 16.5. The molecule has 2 rings (SSSR count). The second-order valence-electron chi connectivity index (χ2n) is 7.10. The normalized spacial score (nSPS) is 10.9. The van der Waals surface area contributed by atoms with Crippen LogP contribution in [0.3, 0.4) is 0 Å². The number of carbonyl (C=O) groups excluding carboxylic acids is 1. The van der Waals surface area contributed by atoms with Crippen molar-refractivity contribution in [3.63, 3.8) is 0 Å². The second kappa shape index (κ2) is 20.1. The van der Waals surface area contributed by atoms with Crippen LogP contribution in [-0.2, 0) is 39.8 Å². The van der Waals surface area contributed by atoms with Crippen molar-refractivity contribution >= 4 is 5.97 Å². The predicted octanol–water partition coefficient (Wildman–Crippen LogP) is 3.14. The van der Waals surface area contributed by atoms with E-state index in [2.05, 4.69) is 0 Å². The van der Waals surface area contributed by atoms with E-state index in [1.54, 1.807) is 24.3 Å². The van der Waals surface area contributed by atoms with Gasteiger partial charge in [-0.05, 0) is 17.7 Å². The fourth-order valence-corrected chi connectivity index (χ4v) is 2.71. The first-order valence-corrected chi connectivity index (χ1v) is 11.6. The predicted molar refractivity (Wildman–Crippen MR) is 127 cm³/mol. The van der Waals surface area contributed by atoms with Gasteiger partial charge in [-0.25, -0.2) is 4.79 Å². The van der Waals surface area contributed by atoms with Crippen molar-refractivity contribution in [1.29, 1.82) is 0 Å². The van der Waals surface area contributed by atoms with Gasteiger partial charge >= 0.3 is 5.97 Å². The molecule has 8 nitrogen and oxygen atoms in total. The summed E-state index contributed by atoms with van der Waals surface area (Å²) in [4.78, 5) is 11.7. The van der Waals surface area contributed by atoms with E-state index in [9.17, 15) is 4.79 Å². The van der Waals surface area contributed by atoms with E-state index in [-0.39, 0.29) is 12.6 Å². The first-order valence-electron chi connectivity index (χ1n) is 11.6. The third kappa shape index (κ3) is 14.7. The summed E-state index contributed by atoms with van der Waals surface area (Å²) < 4.78 is 37.8. The van der Waals surface area contributed by atoms with Gasteiger partial charge in [-0.3, -0.25) is 0 Å². The third-order valence-corrected chi connectivity index (χ3v) is 4.44. The number of rotatable bonds is 21. The molecule has 0 bridgehead atoms. The molecule has 0 fully saturated rings. The summed E-state index contributed by atoms with van der Waals surface area (Å²) in [6.45, 7) is 6.20. The van der Waals surface area contributed by atoms with Gasteiger partial charge in [-0.1, -0.05) is 48.5 Å². The molecule has 8 heteroatoms. The second-order valence-corrected chi connectivity index (χ2v) is 7.10. The molecule has 0 aromatic heterocycles. The minimum Gasteiger partial charge on any atom is -0.460 e. The molecule has 0 aliphatic heterocycles. The average Bonchev–Trinajstić information content (AvgIpc) is 2.88. The Bertz CT molecular complexity index is 726. The molecule has 2 aromatic carbocycles. The molecule has 188 valence electrons. The van der Waals surface area contributed by atoms with Crippen LogP contribution >= 0.6 is 0 Å². The Morgan fingerprint density at radius 1 is 0.471 bits per heavy atom. The molecule has 0 N–H and O–H groups in total. The summed E-state index contributed by atoms with van der Waals surface area (Å²) in [5, 5.41) is 0. The van der Waals surface area contributed by atoms with E-state index in [4.69, 9.17) is 33.2 Å². The van der Waals surface area contributed by atoms with Crippen LogP contribution in [0.15, 0.2) is 60.7 Å². The molecule has 0 spiro atoms. The first kappa shape index (κ1) is 27.9. The van der Waals surface area contributed by atoms with Gasteiger partial charge in [-0.2, -0.15) is 0 Å². The van der Waals surface area contributed by atoms with Crippen LogP contribution in [0.1, 0.15) is 15.9 Å². The summed E-state index contributed by atoms with van der Waals surface area (Å²) >= 11 is 0. The molecule has 0 saturated heterocycles. The zero-order chi connectivity index (χ0) is 23.9. The fourth-order valence-electron chi connectivity index (χ4n) is 2.71. The number of ether oxygens (including phenoxy) is 7. The van der Waals surface area contributed by atoms with Gasteiger partial charge in [-0.15, -0.1) is 0 Å². The lowest BCUT2D eigenvalue weighted by atomic mass is 10.2. The minimum absolute atomic E-state index is 0.212. The number of benzene rings is 2. The third-order valence-electron chi connectivity index (χ3n) is 4.44. The topological polar surface area (TPSA) is 81.7 Å². The molecule has 0 heterocycles.